The zero-order chi connectivity index (χ0) is 12.2. The zero-order valence-corrected chi connectivity index (χ0v) is 10.1. The number of anilines is 1. The molecular formula is C14H16N2O2. The number of benzene rings is 1. The number of ether oxygens (including phenoxy) is 2. The molecule has 1 aliphatic rings. The summed E-state index contributed by atoms with van der Waals surface area (Å²) in [5, 5.41) is 3.35. The Morgan fingerprint density at radius 3 is 2.83 bits per heavy atom. The summed E-state index contributed by atoms with van der Waals surface area (Å²) in [4.78, 5) is 3.16. The van der Waals surface area contributed by atoms with Crippen LogP contribution in [0.2, 0.25) is 0 Å². The van der Waals surface area contributed by atoms with Crippen LogP contribution >= 0.6 is 0 Å². The van der Waals surface area contributed by atoms with Crippen LogP contribution in [0.15, 0.2) is 36.5 Å². The molecule has 0 saturated heterocycles. The SMILES string of the molecule is c1c[nH]c(CNc2ccc3c(c2)OCCCO3)c1. The Balaban J connectivity index is 1.71. The van der Waals surface area contributed by atoms with Crippen molar-refractivity contribution in [3.05, 3.63) is 42.2 Å². The lowest BCUT2D eigenvalue weighted by Crippen LogP contribution is -2.00. The van der Waals surface area contributed by atoms with Crippen LogP contribution in [-0.2, 0) is 6.54 Å². The summed E-state index contributed by atoms with van der Waals surface area (Å²) in [6.45, 7) is 2.21. The Labute approximate surface area is 106 Å². The molecule has 0 unspecified atom stereocenters. The fraction of sp³-hybridized carbons (Fsp3) is 0.286. The van der Waals surface area contributed by atoms with Gasteiger partial charge < -0.3 is 19.8 Å². The van der Waals surface area contributed by atoms with Gasteiger partial charge in [-0.25, -0.2) is 0 Å². The molecule has 1 aromatic heterocycles. The summed E-state index contributed by atoms with van der Waals surface area (Å²) in [5.74, 6) is 1.65. The maximum atomic E-state index is 5.65. The first-order chi connectivity index (χ1) is 8.92. The molecule has 1 aliphatic heterocycles. The van der Waals surface area contributed by atoms with Gasteiger partial charge >= 0.3 is 0 Å². The second-order valence-electron chi connectivity index (χ2n) is 4.26. The zero-order valence-electron chi connectivity index (χ0n) is 10.1. The topological polar surface area (TPSA) is 46.3 Å². The highest BCUT2D eigenvalue weighted by Crippen LogP contribution is 2.32. The van der Waals surface area contributed by atoms with Crippen molar-refractivity contribution in [1.29, 1.82) is 0 Å². The van der Waals surface area contributed by atoms with E-state index in [0.717, 1.165) is 42.5 Å². The van der Waals surface area contributed by atoms with Gasteiger partial charge in [-0.3, -0.25) is 0 Å². The van der Waals surface area contributed by atoms with Crippen molar-refractivity contribution < 1.29 is 9.47 Å². The first kappa shape index (κ1) is 11.0. The maximum Gasteiger partial charge on any atom is 0.163 e. The van der Waals surface area contributed by atoms with Crippen molar-refractivity contribution in [1.82, 2.24) is 4.98 Å². The van der Waals surface area contributed by atoms with Gasteiger partial charge in [-0.05, 0) is 24.3 Å². The van der Waals surface area contributed by atoms with Gasteiger partial charge in [0, 0.05) is 30.1 Å². The van der Waals surface area contributed by atoms with Gasteiger partial charge in [-0.15, -0.1) is 0 Å². The van der Waals surface area contributed by atoms with Gasteiger partial charge in [0.2, 0.25) is 0 Å². The third kappa shape index (κ3) is 2.42. The van der Waals surface area contributed by atoms with E-state index in [1.54, 1.807) is 0 Å². The Bertz CT molecular complexity index is 509. The van der Waals surface area contributed by atoms with Crippen LogP contribution in [0, 0.1) is 0 Å². The van der Waals surface area contributed by atoms with E-state index >= 15 is 0 Å². The molecule has 2 N–H and O–H groups in total. The Morgan fingerprint density at radius 1 is 1.11 bits per heavy atom. The van der Waals surface area contributed by atoms with Gasteiger partial charge in [0.25, 0.3) is 0 Å². The third-order valence-corrected chi connectivity index (χ3v) is 2.89. The average Bonchev–Trinajstić information content (AvgIpc) is 2.80. The Hall–Kier alpha value is -2.10. The molecule has 0 amide bonds. The normalized spacial score (nSPS) is 14.0. The van der Waals surface area contributed by atoms with Crippen LogP contribution in [0.3, 0.4) is 0 Å². The van der Waals surface area contributed by atoms with Crippen molar-refractivity contribution in [2.45, 2.75) is 13.0 Å². The van der Waals surface area contributed by atoms with Gasteiger partial charge in [-0.1, -0.05) is 0 Å². The van der Waals surface area contributed by atoms with Crippen molar-refractivity contribution >= 4 is 5.69 Å². The average molecular weight is 244 g/mol. The number of aromatic amines is 1. The smallest absolute Gasteiger partial charge is 0.163 e. The molecule has 0 radical (unpaired) electrons. The summed E-state index contributed by atoms with van der Waals surface area (Å²) >= 11 is 0. The van der Waals surface area contributed by atoms with Crippen LogP contribution in [0.4, 0.5) is 5.69 Å². The summed E-state index contributed by atoms with van der Waals surface area (Å²) in [6.07, 6.45) is 2.85. The molecule has 0 spiro atoms. The minimum atomic E-state index is 0.715. The van der Waals surface area contributed by atoms with E-state index in [0.29, 0.717) is 6.61 Å². The molecule has 2 heterocycles. The van der Waals surface area contributed by atoms with E-state index in [4.69, 9.17) is 9.47 Å². The number of H-pyrrole nitrogens is 1. The maximum absolute atomic E-state index is 5.65. The third-order valence-electron chi connectivity index (χ3n) is 2.89. The predicted molar refractivity (Wildman–Crippen MR) is 70.2 cm³/mol. The second kappa shape index (κ2) is 5.04. The lowest BCUT2D eigenvalue weighted by molar-refractivity contribution is 0.297. The van der Waals surface area contributed by atoms with Crippen LogP contribution in [0.1, 0.15) is 12.1 Å². The summed E-state index contributed by atoms with van der Waals surface area (Å²) in [5.41, 5.74) is 2.19. The standard InChI is InChI=1S/C14H16N2O2/c1-3-12(15-6-1)10-16-11-4-5-13-14(9-11)18-8-2-7-17-13/h1,3-6,9,15-16H,2,7-8,10H2. The van der Waals surface area contributed by atoms with Crippen molar-refractivity contribution in [2.75, 3.05) is 18.5 Å². The molecular weight excluding hydrogens is 228 g/mol. The van der Waals surface area contributed by atoms with Crippen molar-refractivity contribution in [2.24, 2.45) is 0 Å². The fourth-order valence-corrected chi connectivity index (χ4v) is 1.95. The molecule has 1 aromatic carbocycles. The minimum absolute atomic E-state index is 0.715. The first-order valence-electron chi connectivity index (χ1n) is 6.17. The summed E-state index contributed by atoms with van der Waals surface area (Å²) in [7, 11) is 0. The van der Waals surface area contributed by atoms with E-state index in [1.165, 1.54) is 0 Å². The lowest BCUT2D eigenvalue weighted by atomic mass is 10.2. The minimum Gasteiger partial charge on any atom is -0.490 e. The van der Waals surface area contributed by atoms with Gasteiger partial charge in [0.1, 0.15) is 0 Å². The lowest BCUT2D eigenvalue weighted by Gasteiger charge is -2.10. The molecule has 0 saturated carbocycles. The van der Waals surface area contributed by atoms with E-state index in [1.807, 2.05) is 30.5 Å². The Morgan fingerprint density at radius 2 is 2.00 bits per heavy atom. The predicted octanol–water partition coefficient (Wildman–Crippen LogP) is 2.79. The highest BCUT2D eigenvalue weighted by molar-refractivity contribution is 5.55. The molecule has 0 aliphatic carbocycles. The largest absolute Gasteiger partial charge is 0.490 e. The van der Waals surface area contributed by atoms with Crippen molar-refractivity contribution in [3.8, 4) is 11.5 Å². The van der Waals surface area contributed by atoms with Gasteiger partial charge in [0.15, 0.2) is 11.5 Å². The number of aromatic nitrogens is 1. The monoisotopic (exact) mass is 244 g/mol. The van der Waals surface area contributed by atoms with E-state index in [-0.39, 0.29) is 0 Å². The van der Waals surface area contributed by atoms with Gasteiger partial charge in [0.05, 0.1) is 19.8 Å². The molecule has 0 bridgehead atoms. The fourth-order valence-electron chi connectivity index (χ4n) is 1.95. The molecule has 4 heteroatoms. The second-order valence-corrected chi connectivity index (χ2v) is 4.26. The number of fused-ring (bicyclic) bond motifs is 1. The number of nitrogens with one attached hydrogen (secondary N) is 2. The summed E-state index contributed by atoms with van der Waals surface area (Å²) in [6, 6.07) is 10.00. The molecule has 2 aromatic rings. The molecule has 4 nitrogen and oxygen atoms in total. The van der Waals surface area contributed by atoms with E-state index in [9.17, 15) is 0 Å². The summed E-state index contributed by atoms with van der Waals surface area (Å²) < 4.78 is 11.2. The Kier molecular flexibility index (Phi) is 3.08. The van der Waals surface area contributed by atoms with Crippen LogP contribution in [0.25, 0.3) is 0 Å². The molecule has 94 valence electrons. The van der Waals surface area contributed by atoms with E-state index < -0.39 is 0 Å². The molecule has 0 fully saturated rings. The van der Waals surface area contributed by atoms with Crippen LogP contribution < -0.4 is 14.8 Å². The quantitative estimate of drug-likeness (QED) is 0.872. The highest BCUT2D eigenvalue weighted by Gasteiger charge is 2.10. The molecule has 3 rings (SSSR count). The molecule has 18 heavy (non-hydrogen) atoms. The number of hydrogen-bond donors (Lipinski definition) is 2. The van der Waals surface area contributed by atoms with E-state index in [2.05, 4.69) is 16.4 Å². The number of rotatable bonds is 3. The highest BCUT2D eigenvalue weighted by atomic mass is 16.5. The number of hydrogen-bond acceptors (Lipinski definition) is 3. The first-order valence-corrected chi connectivity index (χ1v) is 6.17. The van der Waals surface area contributed by atoms with Crippen LogP contribution in [-0.4, -0.2) is 18.2 Å². The van der Waals surface area contributed by atoms with Crippen molar-refractivity contribution in [3.63, 3.8) is 0 Å². The van der Waals surface area contributed by atoms with Crippen LogP contribution in [0.5, 0.6) is 11.5 Å². The molecule has 0 atom stereocenters. The van der Waals surface area contributed by atoms with Gasteiger partial charge in [-0.2, -0.15) is 0 Å².